The van der Waals surface area contributed by atoms with Crippen LogP contribution < -0.4 is 0 Å². The number of aromatic hydroxyl groups is 1. The van der Waals surface area contributed by atoms with Crippen LogP contribution in [0.4, 0.5) is 5.69 Å². The summed E-state index contributed by atoms with van der Waals surface area (Å²) in [6.45, 7) is 0. The van der Waals surface area contributed by atoms with Gasteiger partial charge in [0.25, 0.3) is 0 Å². The highest BCUT2D eigenvalue weighted by Crippen LogP contribution is 2.32. The Hall–Kier alpha value is -1.58. The summed E-state index contributed by atoms with van der Waals surface area (Å²) in [6, 6.07) is 3.04. The number of phenols is 1. The number of hydrogen-bond donors (Lipinski definition) is 1. The lowest BCUT2D eigenvalue weighted by atomic mass is 9.91. The fourth-order valence-corrected chi connectivity index (χ4v) is 1.91. The summed E-state index contributed by atoms with van der Waals surface area (Å²) < 4.78 is 0. The Balaban J connectivity index is 2.50. The Kier molecular flexibility index (Phi) is 2.11. The van der Waals surface area contributed by atoms with Crippen molar-refractivity contribution >= 4 is 5.69 Å². The summed E-state index contributed by atoms with van der Waals surface area (Å²) in [6.07, 6.45) is 3.98. The quantitative estimate of drug-likeness (QED) is 0.549. The van der Waals surface area contributed by atoms with Gasteiger partial charge in [0.1, 0.15) is 0 Å². The van der Waals surface area contributed by atoms with Gasteiger partial charge in [-0.15, -0.1) is 0 Å². The zero-order valence-corrected chi connectivity index (χ0v) is 7.69. The van der Waals surface area contributed by atoms with E-state index in [1.165, 1.54) is 12.1 Å². The van der Waals surface area contributed by atoms with Crippen molar-refractivity contribution < 1.29 is 10.0 Å². The van der Waals surface area contributed by atoms with Crippen molar-refractivity contribution in [1.29, 1.82) is 0 Å². The molecule has 74 valence electrons. The van der Waals surface area contributed by atoms with Crippen LogP contribution in [0.5, 0.6) is 5.75 Å². The molecule has 0 spiro atoms. The van der Waals surface area contributed by atoms with Crippen LogP contribution >= 0.6 is 0 Å². The van der Waals surface area contributed by atoms with E-state index < -0.39 is 4.92 Å². The molecular formula is C10H11NO3. The lowest BCUT2D eigenvalue weighted by molar-refractivity contribution is -0.385. The molecule has 0 radical (unpaired) electrons. The minimum absolute atomic E-state index is 0.175. The molecule has 0 atom stereocenters. The standard InChI is InChI=1S/C10H11NO3/c12-10-6-8-4-2-1-3-7(8)5-9(10)11(13)14/h5-6,12H,1-4H2. The Morgan fingerprint density at radius 3 is 2.36 bits per heavy atom. The van der Waals surface area contributed by atoms with E-state index in [-0.39, 0.29) is 11.4 Å². The molecule has 1 aliphatic rings. The fraction of sp³-hybridized carbons (Fsp3) is 0.400. The van der Waals surface area contributed by atoms with Gasteiger partial charge in [0.05, 0.1) is 4.92 Å². The van der Waals surface area contributed by atoms with Crippen molar-refractivity contribution in [1.82, 2.24) is 0 Å². The lowest BCUT2D eigenvalue weighted by Crippen LogP contribution is -2.03. The average Bonchev–Trinajstić information content (AvgIpc) is 2.16. The number of nitrogens with zero attached hydrogens (tertiary/aromatic N) is 1. The molecule has 0 fully saturated rings. The average molecular weight is 193 g/mol. The molecule has 14 heavy (non-hydrogen) atoms. The highest BCUT2D eigenvalue weighted by atomic mass is 16.6. The third-order valence-electron chi connectivity index (χ3n) is 2.64. The van der Waals surface area contributed by atoms with Crippen LogP contribution in [0.25, 0.3) is 0 Å². The first kappa shape index (κ1) is 8.99. The summed E-state index contributed by atoms with van der Waals surface area (Å²) in [7, 11) is 0. The summed E-state index contributed by atoms with van der Waals surface area (Å²) in [5, 5.41) is 19.9. The molecule has 0 saturated carbocycles. The van der Waals surface area contributed by atoms with Crippen molar-refractivity contribution in [2.24, 2.45) is 0 Å². The topological polar surface area (TPSA) is 63.4 Å². The minimum Gasteiger partial charge on any atom is -0.502 e. The van der Waals surface area contributed by atoms with E-state index >= 15 is 0 Å². The van der Waals surface area contributed by atoms with Crippen molar-refractivity contribution in [3.8, 4) is 5.75 Å². The van der Waals surface area contributed by atoms with Gasteiger partial charge in [0.15, 0.2) is 5.75 Å². The van der Waals surface area contributed by atoms with Crippen LogP contribution in [-0.2, 0) is 12.8 Å². The molecule has 0 amide bonds. The van der Waals surface area contributed by atoms with Gasteiger partial charge in [0, 0.05) is 6.07 Å². The van der Waals surface area contributed by atoms with Crippen molar-refractivity contribution in [3.05, 3.63) is 33.4 Å². The predicted molar refractivity (Wildman–Crippen MR) is 51.4 cm³/mol. The Bertz CT molecular complexity index is 387. The molecule has 0 bridgehead atoms. The molecule has 0 aromatic heterocycles. The van der Waals surface area contributed by atoms with Crippen LogP contribution in [0.1, 0.15) is 24.0 Å². The number of nitro benzene ring substituents is 1. The summed E-state index contributed by atoms with van der Waals surface area (Å²) in [5.41, 5.74) is 1.89. The molecule has 0 aliphatic heterocycles. The van der Waals surface area contributed by atoms with Crippen LogP contribution in [-0.4, -0.2) is 10.0 Å². The van der Waals surface area contributed by atoms with E-state index in [1.54, 1.807) is 0 Å². The van der Waals surface area contributed by atoms with Gasteiger partial charge in [-0.3, -0.25) is 10.1 Å². The smallest absolute Gasteiger partial charge is 0.310 e. The third kappa shape index (κ3) is 1.43. The molecule has 4 heteroatoms. The number of rotatable bonds is 1. The van der Waals surface area contributed by atoms with Crippen LogP contribution in [0.15, 0.2) is 12.1 Å². The van der Waals surface area contributed by atoms with Crippen LogP contribution in [0.2, 0.25) is 0 Å². The van der Waals surface area contributed by atoms with Gasteiger partial charge < -0.3 is 5.11 Å². The van der Waals surface area contributed by atoms with Crippen molar-refractivity contribution in [2.45, 2.75) is 25.7 Å². The first-order chi connectivity index (χ1) is 6.68. The van der Waals surface area contributed by atoms with E-state index in [9.17, 15) is 15.2 Å². The number of aryl methyl sites for hydroxylation is 2. The largest absolute Gasteiger partial charge is 0.502 e. The molecule has 4 nitrogen and oxygen atoms in total. The normalized spacial score (nSPS) is 14.9. The maximum absolute atomic E-state index is 10.6. The van der Waals surface area contributed by atoms with Crippen LogP contribution in [0, 0.1) is 10.1 Å². The molecule has 0 unspecified atom stereocenters. The summed E-state index contributed by atoms with van der Waals surface area (Å²) in [4.78, 5) is 10.0. The molecule has 1 aromatic carbocycles. The number of fused-ring (bicyclic) bond motifs is 1. The SMILES string of the molecule is O=[N+]([O-])c1cc2c(cc1O)CCCC2. The van der Waals surface area contributed by atoms with Crippen molar-refractivity contribution in [2.75, 3.05) is 0 Å². The molecule has 1 aromatic rings. The van der Waals surface area contributed by atoms with Gasteiger partial charge in [-0.2, -0.15) is 0 Å². The Morgan fingerprint density at radius 2 is 1.79 bits per heavy atom. The molecule has 0 heterocycles. The van der Waals surface area contributed by atoms with E-state index in [0.717, 1.165) is 36.8 Å². The fourth-order valence-electron chi connectivity index (χ4n) is 1.91. The zero-order chi connectivity index (χ0) is 10.1. The van der Waals surface area contributed by atoms with Gasteiger partial charge >= 0.3 is 5.69 Å². The van der Waals surface area contributed by atoms with Crippen LogP contribution in [0.3, 0.4) is 0 Å². The van der Waals surface area contributed by atoms with E-state index in [0.29, 0.717) is 0 Å². The van der Waals surface area contributed by atoms with E-state index in [4.69, 9.17) is 0 Å². The predicted octanol–water partition coefficient (Wildman–Crippen LogP) is 2.18. The Labute approximate surface area is 81.3 Å². The number of hydrogen-bond acceptors (Lipinski definition) is 3. The van der Waals surface area contributed by atoms with Gasteiger partial charge in [-0.25, -0.2) is 0 Å². The van der Waals surface area contributed by atoms with E-state index in [1.807, 2.05) is 0 Å². The maximum Gasteiger partial charge on any atom is 0.310 e. The lowest BCUT2D eigenvalue weighted by Gasteiger charge is -2.15. The van der Waals surface area contributed by atoms with E-state index in [2.05, 4.69) is 0 Å². The Morgan fingerprint density at radius 1 is 1.21 bits per heavy atom. The second-order valence-corrected chi connectivity index (χ2v) is 3.57. The summed E-state index contributed by atoms with van der Waals surface area (Å²) in [5.74, 6) is -0.212. The molecular weight excluding hydrogens is 182 g/mol. The number of nitro groups is 1. The first-order valence-corrected chi connectivity index (χ1v) is 4.67. The number of phenolic OH excluding ortho intramolecular Hbond substituents is 1. The van der Waals surface area contributed by atoms with Gasteiger partial charge in [-0.1, -0.05) is 0 Å². The second kappa shape index (κ2) is 3.29. The molecule has 1 N–H and O–H groups in total. The highest BCUT2D eigenvalue weighted by Gasteiger charge is 2.19. The monoisotopic (exact) mass is 193 g/mol. The minimum atomic E-state index is -0.537. The second-order valence-electron chi connectivity index (χ2n) is 3.57. The molecule has 0 saturated heterocycles. The van der Waals surface area contributed by atoms with Gasteiger partial charge in [-0.05, 0) is 42.9 Å². The zero-order valence-electron chi connectivity index (χ0n) is 7.69. The first-order valence-electron chi connectivity index (χ1n) is 4.67. The van der Waals surface area contributed by atoms with Crippen molar-refractivity contribution in [3.63, 3.8) is 0 Å². The third-order valence-corrected chi connectivity index (χ3v) is 2.64. The molecule has 2 rings (SSSR count). The summed E-state index contributed by atoms with van der Waals surface area (Å²) >= 11 is 0. The molecule has 1 aliphatic carbocycles. The highest BCUT2D eigenvalue weighted by molar-refractivity contribution is 5.51. The number of benzene rings is 1. The maximum atomic E-state index is 10.6. The van der Waals surface area contributed by atoms with Gasteiger partial charge in [0.2, 0.25) is 0 Å².